The number of hydrogen-bond donors (Lipinski definition) is 2. The molecule has 0 spiro atoms. The standard InChI is InChI=1S/C17H11F2IN2O2S/c18-13-8-14(21)11(4-6-25-20)15(19)16(13)24-10-2-1-9-3-5-22-17(23)12(9)7-10/h1-2,7-8H,3,5,21H2,(H,22,23). The number of rotatable bonds is 2. The number of nitrogens with two attached hydrogens (primary N) is 1. The first-order valence-corrected chi connectivity index (χ1v) is 10.5. The van der Waals surface area contributed by atoms with Crippen molar-refractivity contribution in [2.45, 2.75) is 6.42 Å². The van der Waals surface area contributed by atoms with E-state index >= 15 is 0 Å². The Labute approximate surface area is 159 Å². The van der Waals surface area contributed by atoms with Gasteiger partial charge >= 0.3 is 0 Å². The molecule has 0 bridgehead atoms. The molecule has 0 aromatic heterocycles. The zero-order valence-electron chi connectivity index (χ0n) is 12.7. The van der Waals surface area contributed by atoms with E-state index in [1.165, 1.54) is 6.07 Å². The highest BCUT2D eigenvalue weighted by molar-refractivity contribution is 14.2. The minimum atomic E-state index is -0.974. The number of halogens is 3. The van der Waals surface area contributed by atoms with Gasteiger partial charge in [-0.25, -0.2) is 8.78 Å². The smallest absolute Gasteiger partial charge is 0.251 e. The van der Waals surface area contributed by atoms with E-state index in [1.807, 2.05) is 21.2 Å². The molecule has 25 heavy (non-hydrogen) atoms. The maximum absolute atomic E-state index is 14.6. The zero-order chi connectivity index (χ0) is 18.0. The first-order valence-electron chi connectivity index (χ1n) is 7.16. The summed E-state index contributed by atoms with van der Waals surface area (Å²) in [6, 6.07) is 5.71. The second kappa shape index (κ2) is 7.49. The molecule has 128 valence electrons. The Kier molecular flexibility index (Phi) is 5.34. The van der Waals surface area contributed by atoms with Gasteiger partial charge in [0, 0.05) is 39.4 Å². The molecule has 0 saturated heterocycles. The fraction of sp³-hybridized carbons (Fsp3) is 0.118. The summed E-state index contributed by atoms with van der Waals surface area (Å²) in [5.41, 5.74) is 6.69. The first kappa shape index (κ1) is 17.8. The van der Waals surface area contributed by atoms with Crippen LogP contribution < -0.4 is 15.8 Å². The molecule has 3 N–H and O–H groups in total. The van der Waals surface area contributed by atoms with Gasteiger partial charge in [-0.2, -0.15) is 0 Å². The Hall–Kier alpha value is -1.99. The van der Waals surface area contributed by atoms with Crippen molar-refractivity contribution >= 4 is 41.7 Å². The van der Waals surface area contributed by atoms with Crippen LogP contribution in [-0.4, -0.2) is 12.5 Å². The molecular weight excluding hydrogens is 461 g/mol. The van der Waals surface area contributed by atoms with Crippen molar-refractivity contribution in [2.24, 2.45) is 0 Å². The second-order valence-electron chi connectivity index (χ2n) is 5.20. The number of nitrogens with one attached hydrogen (secondary N) is 1. The normalized spacial score (nSPS) is 12.7. The van der Waals surface area contributed by atoms with Crippen LogP contribution in [0.25, 0.3) is 0 Å². The molecule has 8 heteroatoms. The molecule has 0 saturated carbocycles. The van der Waals surface area contributed by atoms with E-state index in [-0.39, 0.29) is 22.9 Å². The quantitative estimate of drug-likeness (QED) is 0.394. The molecule has 0 fully saturated rings. The molecule has 0 unspecified atom stereocenters. The van der Waals surface area contributed by atoms with Gasteiger partial charge in [0.25, 0.3) is 5.91 Å². The van der Waals surface area contributed by atoms with Crippen molar-refractivity contribution in [3.63, 3.8) is 0 Å². The predicted octanol–water partition coefficient (Wildman–Crippen LogP) is 4.02. The summed E-state index contributed by atoms with van der Waals surface area (Å²) in [7, 11) is 1.15. The van der Waals surface area contributed by atoms with Gasteiger partial charge < -0.3 is 15.8 Å². The number of nitrogen functional groups attached to an aromatic ring is 1. The lowest BCUT2D eigenvalue weighted by Crippen LogP contribution is -2.31. The van der Waals surface area contributed by atoms with E-state index in [1.54, 1.807) is 12.1 Å². The average molecular weight is 472 g/mol. The lowest BCUT2D eigenvalue weighted by molar-refractivity contribution is 0.0945. The summed E-state index contributed by atoms with van der Waals surface area (Å²) < 4.78 is 34.1. The lowest BCUT2D eigenvalue weighted by atomic mass is 10.0. The molecule has 1 aliphatic heterocycles. The lowest BCUT2D eigenvalue weighted by Gasteiger charge is -2.17. The van der Waals surface area contributed by atoms with Crippen molar-refractivity contribution in [3.8, 4) is 22.7 Å². The Morgan fingerprint density at radius 1 is 1.32 bits per heavy atom. The number of carbonyl (C=O) groups is 1. The van der Waals surface area contributed by atoms with Crippen LogP contribution in [0.3, 0.4) is 0 Å². The molecule has 1 heterocycles. The highest BCUT2D eigenvalue weighted by Gasteiger charge is 2.21. The molecule has 0 atom stereocenters. The number of benzene rings is 2. The van der Waals surface area contributed by atoms with Crippen LogP contribution in [0.5, 0.6) is 11.5 Å². The van der Waals surface area contributed by atoms with Crippen LogP contribution in [0.4, 0.5) is 14.5 Å². The molecule has 4 nitrogen and oxygen atoms in total. The summed E-state index contributed by atoms with van der Waals surface area (Å²) in [5, 5.41) is 5.32. The van der Waals surface area contributed by atoms with Crippen LogP contribution >= 0.6 is 30.1 Å². The maximum Gasteiger partial charge on any atom is 0.251 e. The fourth-order valence-electron chi connectivity index (χ4n) is 2.48. The topological polar surface area (TPSA) is 64.3 Å². The average Bonchev–Trinajstić information content (AvgIpc) is 2.59. The number of hydrogen-bond acceptors (Lipinski definition) is 4. The van der Waals surface area contributed by atoms with Gasteiger partial charge in [0.15, 0.2) is 17.4 Å². The van der Waals surface area contributed by atoms with Crippen molar-refractivity contribution < 1.29 is 18.3 Å². The van der Waals surface area contributed by atoms with Crippen LogP contribution in [-0.2, 0) is 6.42 Å². The molecule has 2 aromatic rings. The van der Waals surface area contributed by atoms with Crippen LogP contribution in [0, 0.1) is 22.8 Å². The molecular formula is C17H11F2IN2O2S. The third kappa shape index (κ3) is 3.67. The minimum Gasteiger partial charge on any atom is -0.451 e. The SMILES string of the molecule is Nc1cc(F)c(Oc2ccc3c(c2)C(=O)NCC3)c(F)c1C#CSI. The molecule has 0 aliphatic carbocycles. The predicted molar refractivity (Wildman–Crippen MR) is 102 cm³/mol. The molecule has 3 rings (SSSR count). The summed E-state index contributed by atoms with van der Waals surface area (Å²) >= 11 is 1.93. The van der Waals surface area contributed by atoms with Gasteiger partial charge in [-0.3, -0.25) is 4.79 Å². The van der Waals surface area contributed by atoms with Gasteiger partial charge in [0.1, 0.15) is 5.75 Å². The first-order chi connectivity index (χ1) is 12.0. The maximum atomic E-state index is 14.6. The monoisotopic (exact) mass is 472 g/mol. The van der Waals surface area contributed by atoms with Crippen molar-refractivity contribution in [1.29, 1.82) is 0 Å². The van der Waals surface area contributed by atoms with E-state index in [0.29, 0.717) is 18.5 Å². The number of ether oxygens (including phenoxy) is 1. The zero-order valence-corrected chi connectivity index (χ0v) is 15.6. The number of carbonyl (C=O) groups excluding carboxylic acids is 1. The van der Waals surface area contributed by atoms with E-state index < -0.39 is 17.4 Å². The molecule has 2 aromatic carbocycles. The van der Waals surface area contributed by atoms with E-state index in [0.717, 1.165) is 20.6 Å². The fourth-order valence-corrected chi connectivity index (χ4v) is 2.95. The van der Waals surface area contributed by atoms with Gasteiger partial charge in [0.05, 0.1) is 11.3 Å². The van der Waals surface area contributed by atoms with Gasteiger partial charge in [-0.05, 0) is 44.2 Å². The molecule has 1 aliphatic rings. The summed E-state index contributed by atoms with van der Waals surface area (Å²) in [4.78, 5) is 11.9. The number of amides is 1. The van der Waals surface area contributed by atoms with Crippen LogP contribution in [0.15, 0.2) is 24.3 Å². The number of anilines is 1. The second-order valence-corrected chi connectivity index (χ2v) is 6.88. The highest BCUT2D eigenvalue weighted by atomic mass is 127. The third-order valence-corrected chi connectivity index (χ3v) is 4.49. The number of fused-ring (bicyclic) bond motifs is 1. The Balaban J connectivity index is 2.01. The summed E-state index contributed by atoms with van der Waals surface area (Å²) in [6.07, 6.45) is 0.694. The Bertz CT molecular complexity index is 925. The Morgan fingerprint density at radius 3 is 2.88 bits per heavy atom. The van der Waals surface area contributed by atoms with Gasteiger partial charge in [-0.1, -0.05) is 6.07 Å². The summed E-state index contributed by atoms with van der Waals surface area (Å²) in [5.74, 6) is -0.0689. The third-order valence-electron chi connectivity index (χ3n) is 3.65. The van der Waals surface area contributed by atoms with E-state index in [2.05, 4.69) is 16.5 Å². The highest BCUT2D eigenvalue weighted by Crippen LogP contribution is 2.33. The molecule has 0 radical (unpaired) electrons. The van der Waals surface area contributed by atoms with Crippen LogP contribution in [0.1, 0.15) is 21.5 Å². The van der Waals surface area contributed by atoms with Gasteiger partial charge in [-0.15, -0.1) is 0 Å². The van der Waals surface area contributed by atoms with Crippen LogP contribution in [0.2, 0.25) is 0 Å². The van der Waals surface area contributed by atoms with Gasteiger partial charge in [0.2, 0.25) is 0 Å². The summed E-state index contributed by atoms with van der Waals surface area (Å²) in [6.45, 7) is 0.560. The van der Waals surface area contributed by atoms with Crippen molar-refractivity contribution in [3.05, 3.63) is 52.6 Å². The Morgan fingerprint density at radius 2 is 2.12 bits per heavy atom. The van der Waals surface area contributed by atoms with E-state index in [4.69, 9.17) is 10.5 Å². The van der Waals surface area contributed by atoms with E-state index in [9.17, 15) is 13.6 Å². The van der Waals surface area contributed by atoms with Crippen molar-refractivity contribution in [2.75, 3.05) is 12.3 Å². The molecule has 1 amide bonds. The van der Waals surface area contributed by atoms with Crippen molar-refractivity contribution in [1.82, 2.24) is 5.32 Å². The largest absolute Gasteiger partial charge is 0.451 e. The minimum absolute atomic E-state index is 0.106.